The van der Waals surface area contributed by atoms with Crippen molar-refractivity contribution in [2.24, 2.45) is 4.99 Å². The van der Waals surface area contributed by atoms with Crippen molar-refractivity contribution in [1.82, 2.24) is 4.90 Å². The van der Waals surface area contributed by atoms with Crippen LogP contribution >= 0.6 is 11.6 Å². The van der Waals surface area contributed by atoms with Crippen molar-refractivity contribution in [2.75, 3.05) is 7.05 Å². The smallest absolute Gasteiger partial charge is 0.131 e. The molecule has 1 aliphatic carbocycles. The fraction of sp³-hybridized carbons (Fsp3) is 0.316. The van der Waals surface area contributed by atoms with Gasteiger partial charge in [-0.1, -0.05) is 11.6 Å². The van der Waals surface area contributed by atoms with Gasteiger partial charge < -0.3 is 9.64 Å². The molecule has 3 rings (SSSR count). The number of hydrogen-bond donors (Lipinski definition) is 0. The van der Waals surface area contributed by atoms with Gasteiger partial charge in [0, 0.05) is 24.2 Å². The predicted octanol–water partition coefficient (Wildman–Crippen LogP) is 5.64. The second-order valence-corrected chi connectivity index (χ2v) is 6.69. The lowest BCUT2D eigenvalue weighted by Gasteiger charge is -2.13. The third-order valence-corrected chi connectivity index (χ3v) is 4.28. The van der Waals surface area contributed by atoms with Crippen LogP contribution in [0.2, 0.25) is 5.02 Å². The molecule has 2 aromatic carbocycles. The lowest BCUT2D eigenvalue weighted by Crippen LogP contribution is -2.17. The average molecular weight is 347 g/mol. The van der Waals surface area contributed by atoms with Crippen molar-refractivity contribution in [2.45, 2.75) is 32.7 Å². The number of rotatable bonds is 5. The summed E-state index contributed by atoms with van der Waals surface area (Å²) < 4.78 is 19.2. The van der Waals surface area contributed by atoms with Gasteiger partial charge in [0.05, 0.1) is 12.0 Å². The number of hydrogen-bond acceptors (Lipinski definition) is 2. The van der Waals surface area contributed by atoms with Gasteiger partial charge in [0.25, 0.3) is 0 Å². The molecule has 126 valence electrons. The normalized spacial score (nSPS) is 14.2. The zero-order valence-corrected chi connectivity index (χ0v) is 14.8. The number of ether oxygens (including phenoxy) is 1. The molecule has 0 unspecified atom stereocenters. The van der Waals surface area contributed by atoms with E-state index in [0.717, 1.165) is 16.8 Å². The molecule has 3 nitrogen and oxygen atoms in total. The zero-order valence-electron chi connectivity index (χ0n) is 14.0. The Kier molecular flexibility index (Phi) is 4.76. The minimum Gasteiger partial charge on any atom is -0.457 e. The van der Waals surface area contributed by atoms with E-state index in [1.165, 1.54) is 25.0 Å². The minimum atomic E-state index is -0.420. The highest BCUT2D eigenvalue weighted by atomic mass is 35.5. The van der Waals surface area contributed by atoms with Crippen LogP contribution in [0.3, 0.4) is 0 Å². The Labute approximate surface area is 146 Å². The third kappa shape index (κ3) is 4.06. The summed E-state index contributed by atoms with van der Waals surface area (Å²) in [4.78, 5) is 6.72. The first-order chi connectivity index (χ1) is 11.4. The molecular weight excluding hydrogens is 327 g/mol. The van der Waals surface area contributed by atoms with Crippen LogP contribution in [0.1, 0.15) is 24.0 Å². The highest BCUT2D eigenvalue weighted by Gasteiger charge is 2.24. The lowest BCUT2D eigenvalue weighted by atomic mass is 10.1. The van der Waals surface area contributed by atoms with Gasteiger partial charge >= 0.3 is 0 Å². The molecule has 1 aliphatic rings. The van der Waals surface area contributed by atoms with Crippen molar-refractivity contribution < 1.29 is 9.13 Å². The van der Waals surface area contributed by atoms with E-state index in [9.17, 15) is 4.39 Å². The van der Waals surface area contributed by atoms with E-state index in [4.69, 9.17) is 16.3 Å². The van der Waals surface area contributed by atoms with Gasteiger partial charge in [0.2, 0.25) is 0 Å². The molecule has 1 fully saturated rings. The number of aliphatic imine (C=N–C) groups is 1. The van der Waals surface area contributed by atoms with Crippen LogP contribution in [-0.2, 0) is 0 Å². The van der Waals surface area contributed by atoms with Gasteiger partial charge in [0.1, 0.15) is 17.3 Å². The van der Waals surface area contributed by atoms with Crippen molar-refractivity contribution in [1.29, 1.82) is 0 Å². The maximum absolute atomic E-state index is 13.4. The van der Waals surface area contributed by atoms with Crippen LogP contribution in [-0.4, -0.2) is 24.3 Å². The third-order valence-electron chi connectivity index (χ3n) is 4.06. The monoisotopic (exact) mass is 346 g/mol. The van der Waals surface area contributed by atoms with Crippen molar-refractivity contribution in [3.05, 3.63) is 52.3 Å². The Morgan fingerprint density at radius 2 is 1.92 bits per heavy atom. The molecule has 0 aromatic heterocycles. The van der Waals surface area contributed by atoms with Crippen LogP contribution < -0.4 is 4.74 Å². The zero-order chi connectivity index (χ0) is 17.3. The SMILES string of the molecule is Cc1cc(Oc2cc(F)cc(Cl)c2)c(C)cc1N=CN(C)C1CC1. The summed E-state index contributed by atoms with van der Waals surface area (Å²) in [6, 6.07) is 8.69. The van der Waals surface area contributed by atoms with Gasteiger partial charge in [-0.25, -0.2) is 9.38 Å². The first kappa shape index (κ1) is 16.8. The van der Waals surface area contributed by atoms with Crippen LogP contribution in [0.25, 0.3) is 0 Å². The average Bonchev–Trinajstić information content (AvgIpc) is 3.32. The molecule has 1 saturated carbocycles. The summed E-state index contributed by atoms with van der Waals surface area (Å²) in [5.74, 6) is 0.632. The molecule has 0 bridgehead atoms. The fourth-order valence-corrected chi connectivity index (χ4v) is 2.68. The Balaban J connectivity index is 1.81. The summed E-state index contributed by atoms with van der Waals surface area (Å²) in [5.41, 5.74) is 2.84. The second-order valence-electron chi connectivity index (χ2n) is 6.25. The van der Waals surface area contributed by atoms with E-state index in [1.807, 2.05) is 32.3 Å². The van der Waals surface area contributed by atoms with Crippen molar-refractivity contribution in [3.63, 3.8) is 0 Å². The van der Waals surface area contributed by atoms with E-state index in [0.29, 0.717) is 22.6 Å². The lowest BCUT2D eigenvalue weighted by molar-refractivity contribution is 0.473. The van der Waals surface area contributed by atoms with Gasteiger partial charge in [-0.3, -0.25) is 0 Å². The summed E-state index contributed by atoms with van der Waals surface area (Å²) >= 11 is 5.87. The molecule has 0 atom stereocenters. The second kappa shape index (κ2) is 6.81. The molecule has 0 spiro atoms. The summed E-state index contributed by atoms with van der Waals surface area (Å²) in [5, 5.41) is 0.309. The molecular formula is C19H20ClFN2O. The Hall–Kier alpha value is -2.07. The fourth-order valence-electron chi connectivity index (χ4n) is 2.47. The molecule has 0 saturated heterocycles. The first-order valence-electron chi connectivity index (χ1n) is 7.93. The summed E-state index contributed by atoms with van der Waals surface area (Å²) in [7, 11) is 2.05. The molecule has 24 heavy (non-hydrogen) atoms. The Morgan fingerprint density at radius 3 is 2.58 bits per heavy atom. The highest BCUT2D eigenvalue weighted by Crippen LogP contribution is 2.33. The van der Waals surface area contributed by atoms with E-state index >= 15 is 0 Å². The quantitative estimate of drug-likeness (QED) is 0.516. The van der Waals surface area contributed by atoms with Gasteiger partial charge in [0.15, 0.2) is 0 Å². The minimum absolute atomic E-state index is 0.309. The molecule has 5 heteroatoms. The van der Waals surface area contributed by atoms with E-state index in [-0.39, 0.29) is 0 Å². The van der Waals surface area contributed by atoms with Crippen LogP contribution in [0.15, 0.2) is 35.3 Å². The summed E-state index contributed by atoms with van der Waals surface area (Å²) in [6.45, 7) is 3.92. The van der Waals surface area contributed by atoms with Crippen molar-refractivity contribution >= 4 is 23.6 Å². The molecule has 0 amide bonds. The van der Waals surface area contributed by atoms with Crippen molar-refractivity contribution in [3.8, 4) is 11.5 Å². The first-order valence-corrected chi connectivity index (χ1v) is 8.31. The highest BCUT2D eigenvalue weighted by molar-refractivity contribution is 6.30. The van der Waals surface area contributed by atoms with Crippen LogP contribution in [0.5, 0.6) is 11.5 Å². The van der Waals surface area contributed by atoms with Gasteiger partial charge in [-0.15, -0.1) is 0 Å². The Morgan fingerprint density at radius 1 is 1.17 bits per heavy atom. The van der Waals surface area contributed by atoms with Gasteiger partial charge in [-0.2, -0.15) is 0 Å². The maximum atomic E-state index is 13.4. The molecule has 0 heterocycles. The molecule has 0 N–H and O–H groups in total. The van der Waals surface area contributed by atoms with Crippen LogP contribution in [0.4, 0.5) is 10.1 Å². The number of nitrogens with zero attached hydrogens (tertiary/aromatic N) is 2. The summed E-state index contributed by atoms with van der Waals surface area (Å²) in [6.07, 6.45) is 4.36. The molecule has 0 radical (unpaired) electrons. The standard InChI is InChI=1S/C19H20ClFN2O/c1-12-7-19(24-17-9-14(20)8-15(21)10-17)13(2)6-18(12)22-11-23(3)16-4-5-16/h6-11,16H,4-5H2,1-3H3. The van der Waals surface area contributed by atoms with E-state index in [2.05, 4.69) is 16.9 Å². The largest absolute Gasteiger partial charge is 0.457 e. The molecule has 0 aliphatic heterocycles. The maximum Gasteiger partial charge on any atom is 0.131 e. The Bertz CT molecular complexity index is 767. The topological polar surface area (TPSA) is 24.8 Å². The van der Waals surface area contributed by atoms with Crippen LogP contribution in [0, 0.1) is 19.7 Å². The number of benzene rings is 2. The number of aryl methyl sites for hydroxylation is 2. The molecule has 2 aromatic rings. The predicted molar refractivity (Wildman–Crippen MR) is 96.3 cm³/mol. The van der Waals surface area contributed by atoms with E-state index < -0.39 is 5.82 Å². The number of halogens is 2. The van der Waals surface area contributed by atoms with E-state index in [1.54, 1.807) is 6.07 Å². The van der Waals surface area contributed by atoms with Gasteiger partial charge in [-0.05, 0) is 62.1 Å².